The lowest BCUT2D eigenvalue weighted by molar-refractivity contribution is -0.139. The standard InChI is InChI=1S/C25H22ClNO3/c1-2-3-15-27-22(17-11-13-18(26)14-12-17)21(24(29)25(27)30)23(28)20-10-6-8-16-7-4-5-9-19(16)20/h4-14,22,28H,2-3,15H2,1H3/b23-21-. The molecule has 4 rings (SSSR count). The first-order chi connectivity index (χ1) is 14.5. The van der Waals surface area contributed by atoms with E-state index in [2.05, 4.69) is 0 Å². The van der Waals surface area contributed by atoms with E-state index in [-0.39, 0.29) is 11.3 Å². The van der Waals surface area contributed by atoms with Crippen LogP contribution >= 0.6 is 11.6 Å². The van der Waals surface area contributed by atoms with Crippen LogP contribution in [0.5, 0.6) is 0 Å². The Labute approximate surface area is 180 Å². The smallest absolute Gasteiger partial charge is 0.295 e. The molecule has 1 fully saturated rings. The molecule has 3 aromatic carbocycles. The number of aliphatic hydroxyl groups is 1. The summed E-state index contributed by atoms with van der Waals surface area (Å²) < 4.78 is 0. The number of hydrogen-bond acceptors (Lipinski definition) is 3. The lowest BCUT2D eigenvalue weighted by Crippen LogP contribution is -2.30. The van der Waals surface area contributed by atoms with E-state index in [0.717, 1.165) is 29.2 Å². The molecule has 0 aliphatic carbocycles. The lowest BCUT2D eigenvalue weighted by Gasteiger charge is -2.25. The number of amides is 1. The van der Waals surface area contributed by atoms with Gasteiger partial charge < -0.3 is 10.0 Å². The third-order valence-corrected chi connectivity index (χ3v) is 5.78. The van der Waals surface area contributed by atoms with Crippen molar-refractivity contribution < 1.29 is 14.7 Å². The van der Waals surface area contributed by atoms with E-state index in [1.807, 2.05) is 43.3 Å². The number of rotatable bonds is 5. The molecule has 0 aromatic heterocycles. The number of nitrogens with zero attached hydrogens (tertiary/aromatic N) is 1. The molecule has 5 heteroatoms. The van der Waals surface area contributed by atoms with Gasteiger partial charge >= 0.3 is 0 Å². The van der Waals surface area contributed by atoms with Crippen molar-refractivity contribution >= 4 is 39.8 Å². The normalized spacial score (nSPS) is 18.3. The number of hydrogen-bond donors (Lipinski definition) is 1. The largest absolute Gasteiger partial charge is 0.507 e. The van der Waals surface area contributed by atoms with Crippen molar-refractivity contribution in [2.24, 2.45) is 0 Å². The molecule has 0 bridgehead atoms. The highest BCUT2D eigenvalue weighted by Gasteiger charge is 2.45. The second kappa shape index (κ2) is 8.33. The predicted octanol–water partition coefficient (Wildman–Crippen LogP) is 5.72. The quantitative estimate of drug-likeness (QED) is 0.327. The summed E-state index contributed by atoms with van der Waals surface area (Å²) >= 11 is 6.05. The highest BCUT2D eigenvalue weighted by atomic mass is 35.5. The van der Waals surface area contributed by atoms with Crippen LogP contribution in [0.3, 0.4) is 0 Å². The van der Waals surface area contributed by atoms with Crippen molar-refractivity contribution in [3.63, 3.8) is 0 Å². The fraction of sp³-hybridized carbons (Fsp3) is 0.200. The van der Waals surface area contributed by atoms with Gasteiger partial charge in [-0.1, -0.05) is 79.5 Å². The Morgan fingerprint density at radius 1 is 1.00 bits per heavy atom. The van der Waals surface area contributed by atoms with E-state index < -0.39 is 17.7 Å². The Bertz CT molecular complexity index is 1150. The van der Waals surface area contributed by atoms with Crippen LogP contribution in [-0.2, 0) is 9.59 Å². The van der Waals surface area contributed by atoms with Crippen molar-refractivity contribution in [2.75, 3.05) is 6.54 Å². The first-order valence-corrected chi connectivity index (χ1v) is 10.4. The fourth-order valence-corrected chi connectivity index (χ4v) is 4.13. The third-order valence-electron chi connectivity index (χ3n) is 5.52. The van der Waals surface area contributed by atoms with Gasteiger partial charge in [0.1, 0.15) is 5.76 Å². The molecule has 1 saturated heterocycles. The lowest BCUT2D eigenvalue weighted by atomic mass is 9.93. The van der Waals surface area contributed by atoms with E-state index >= 15 is 0 Å². The Morgan fingerprint density at radius 2 is 1.70 bits per heavy atom. The van der Waals surface area contributed by atoms with Gasteiger partial charge in [0.2, 0.25) is 0 Å². The molecule has 1 unspecified atom stereocenters. The molecule has 152 valence electrons. The molecule has 1 aliphatic rings. The minimum atomic E-state index is -0.656. The number of halogens is 1. The van der Waals surface area contributed by atoms with Crippen LogP contribution in [0, 0.1) is 0 Å². The Morgan fingerprint density at radius 3 is 2.43 bits per heavy atom. The van der Waals surface area contributed by atoms with Gasteiger partial charge in [-0.25, -0.2) is 0 Å². The predicted molar refractivity (Wildman–Crippen MR) is 119 cm³/mol. The zero-order valence-corrected chi connectivity index (χ0v) is 17.4. The van der Waals surface area contributed by atoms with Crippen molar-refractivity contribution in [3.05, 3.63) is 88.5 Å². The average molecular weight is 420 g/mol. The van der Waals surface area contributed by atoms with Gasteiger partial charge in [0, 0.05) is 17.1 Å². The maximum atomic E-state index is 13.0. The summed E-state index contributed by atoms with van der Waals surface area (Å²) in [5.41, 5.74) is 1.41. The number of Topliss-reactive ketones (excluding diaryl/α,β-unsaturated/α-hetero) is 1. The summed E-state index contributed by atoms with van der Waals surface area (Å²) in [6, 6.07) is 19.6. The van der Waals surface area contributed by atoms with Crippen LogP contribution in [-0.4, -0.2) is 28.2 Å². The third kappa shape index (κ3) is 3.48. The van der Waals surface area contributed by atoms with Crippen LogP contribution < -0.4 is 0 Å². The van der Waals surface area contributed by atoms with Crippen molar-refractivity contribution in [1.82, 2.24) is 4.90 Å². The SMILES string of the molecule is CCCCN1C(=O)C(=O)/C(=C(\O)c2cccc3ccccc23)C1c1ccc(Cl)cc1. The van der Waals surface area contributed by atoms with E-state index in [0.29, 0.717) is 17.1 Å². The van der Waals surface area contributed by atoms with E-state index in [4.69, 9.17) is 11.6 Å². The first-order valence-electron chi connectivity index (χ1n) is 10.0. The zero-order valence-electron chi connectivity index (χ0n) is 16.6. The number of ketones is 1. The summed E-state index contributed by atoms with van der Waals surface area (Å²) in [6.45, 7) is 2.48. The summed E-state index contributed by atoms with van der Waals surface area (Å²) in [7, 11) is 0. The van der Waals surface area contributed by atoms with Gasteiger partial charge in [-0.05, 0) is 34.9 Å². The number of aliphatic hydroxyl groups excluding tert-OH is 1. The second-order valence-corrected chi connectivity index (χ2v) is 7.86. The number of benzene rings is 3. The molecule has 3 aromatic rings. The maximum Gasteiger partial charge on any atom is 0.295 e. The number of unbranched alkanes of at least 4 members (excludes halogenated alkanes) is 1. The highest BCUT2D eigenvalue weighted by Crippen LogP contribution is 2.40. The monoisotopic (exact) mass is 419 g/mol. The number of carbonyl (C=O) groups excluding carboxylic acids is 2. The molecule has 1 aliphatic heterocycles. The van der Waals surface area contributed by atoms with E-state index in [1.165, 1.54) is 0 Å². The second-order valence-electron chi connectivity index (χ2n) is 7.42. The topological polar surface area (TPSA) is 57.6 Å². The number of carbonyl (C=O) groups is 2. The van der Waals surface area contributed by atoms with Crippen molar-refractivity contribution in [2.45, 2.75) is 25.8 Å². The van der Waals surface area contributed by atoms with E-state index in [9.17, 15) is 14.7 Å². The molecule has 1 N–H and O–H groups in total. The van der Waals surface area contributed by atoms with Gasteiger partial charge in [-0.15, -0.1) is 0 Å². The molecular formula is C25H22ClNO3. The van der Waals surface area contributed by atoms with Crippen molar-refractivity contribution in [3.8, 4) is 0 Å². The van der Waals surface area contributed by atoms with Crippen LogP contribution in [0.4, 0.5) is 0 Å². The molecule has 0 spiro atoms. The van der Waals surface area contributed by atoms with Crippen LogP contribution in [0.2, 0.25) is 5.02 Å². The molecule has 1 heterocycles. The molecule has 30 heavy (non-hydrogen) atoms. The Balaban J connectivity index is 1.93. The summed E-state index contributed by atoms with van der Waals surface area (Å²) in [4.78, 5) is 27.5. The summed E-state index contributed by atoms with van der Waals surface area (Å²) in [5, 5.41) is 13.6. The zero-order chi connectivity index (χ0) is 21.3. The summed E-state index contributed by atoms with van der Waals surface area (Å²) in [5.74, 6) is -1.38. The van der Waals surface area contributed by atoms with Gasteiger partial charge in [-0.2, -0.15) is 0 Å². The van der Waals surface area contributed by atoms with E-state index in [1.54, 1.807) is 35.2 Å². The van der Waals surface area contributed by atoms with Gasteiger partial charge in [-0.3, -0.25) is 9.59 Å². The number of fused-ring (bicyclic) bond motifs is 1. The van der Waals surface area contributed by atoms with Gasteiger partial charge in [0.25, 0.3) is 11.7 Å². The Hall–Kier alpha value is -3.11. The minimum absolute atomic E-state index is 0.120. The summed E-state index contributed by atoms with van der Waals surface area (Å²) in [6.07, 6.45) is 1.66. The highest BCUT2D eigenvalue weighted by molar-refractivity contribution is 6.46. The van der Waals surface area contributed by atoms with Gasteiger partial charge in [0.15, 0.2) is 0 Å². The molecular weight excluding hydrogens is 398 g/mol. The Kier molecular flexibility index (Phi) is 5.60. The molecule has 0 radical (unpaired) electrons. The molecule has 0 saturated carbocycles. The minimum Gasteiger partial charge on any atom is -0.507 e. The van der Waals surface area contributed by atoms with Crippen LogP contribution in [0.15, 0.2) is 72.3 Å². The van der Waals surface area contributed by atoms with Crippen LogP contribution in [0.25, 0.3) is 16.5 Å². The fourth-order valence-electron chi connectivity index (χ4n) is 4.01. The van der Waals surface area contributed by atoms with Crippen molar-refractivity contribution in [1.29, 1.82) is 0 Å². The maximum absolute atomic E-state index is 13.0. The van der Waals surface area contributed by atoms with Gasteiger partial charge in [0.05, 0.1) is 11.6 Å². The average Bonchev–Trinajstić information content (AvgIpc) is 3.02. The number of likely N-dealkylation sites (tertiary alicyclic amines) is 1. The molecule has 4 nitrogen and oxygen atoms in total. The first kappa shape index (κ1) is 20.2. The molecule has 1 atom stereocenters. The molecule has 1 amide bonds. The van der Waals surface area contributed by atoms with Crippen LogP contribution in [0.1, 0.15) is 36.9 Å².